The molecule has 4 nitrogen and oxygen atoms in total. The van der Waals surface area contributed by atoms with Crippen LogP contribution in [0.4, 0.5) is 0 Å². The third kappa shape index (κ3) is 2.96. The SMILES string of the molecule is COc1ccccc1CC(C)N1CCC(C)C1C(=O)O. The van der Waals surface area contributed by atoms with E-state index in [9.17, 15) is 9.90 Å². The summed E-state index contributed by atoms with van der Waals surface area (Å²) in [6, 6.07) is 7.77. The van der Waals surface area contributed by atoms with Crippen molar-refractivity contribution in [2.24, 2.45) is 5.92 Å². The molecule has 1 fully saturated rings. The van der Waals surface area contributed by atoms with Crippen LogP contribution in [0.25, 0.3) is 0 Å². The number of ether oxygens (including phenoxy) is 1. The Hall–Kier alpha value is -1.55. The van der Waals surface area contributed by atoms with Crippen LogP contribution in [0.15, 0.2) is 24.3 Å². The number of para-hydroxylation sites is 1. The zero-order valence-corrected chi connectivity index (χ0v) is 12.4. The predicted molar refractivity (Wildman–Crippen MR) is 78.1 cm³/mol. The third-order valence-electron chi connectivity index (χ3n) is 4.27. The van der Waals surface area contributed by atoms with Gasteiger partial charge in [0.1, 0.15) is 11.8 Å². The summed E-state index contributed by atoms with van der Waals surface area (Å²) in [6.07, 6.45) is 1.76. The first-order valence-corrected chi connectivity index (χ1v) is 7.15. The van der Waals surface area contributed by atoms with Gasteiger partial charge in [-0.05, 0) is 43.9 Å². The van der Waals surface area contributed by atoms with E-state index in [1.807, 2.05) is 31.2 Å². The number of hydrogen-bond donors (Lipinski definition) is 1. The average Bonchev–Trinajstić information content (AvgIpc) is 2.81. The molecule has 2 rings (SSSR count). The lowest BCUT2D eigenvalue weighted by molar-refractivity contribution is -0.144. The van der Waals surface area contributed by atoms with Gasteiger partial charge in [-0.2, -0.15) is 0 Å². The normalized spacial score (nSPS) is 24.6. The van der Waals surface area contributed by atoms with Crippen LogP contribution in [0.2, 0.25) is 0 Å². The molecule has 20 heavy (non-hydrogen) atoms. The maximum Gasteiger partial charge on any atom is 0.321 e. The molecule has 1 aliphatic heterocycles. The average molecular weight is 277 g/mol. The van der Waals surface area contributed by atoms with Crippen molar-refractivity contribution in [1.29, 1.82) is 0 Å². The monoisotopic (exact) mass is 277 g/mol. The highest BCUT2D eigenvalue weighted by Crippen LogP contribution is 2.28. The molecule has 3 unspecified atom stereocenters. The van der Waals surface area contributed by atoms with Crippen LogP contribution >= 0.6 is 0 Å². The lowest BCUT2D eigenvalue weighted by Gasteiger charge is -2.30. The number of methoxy groups -OCH3 is 1. The zero-order chi connectivity index (χ0) is 14.7. The Bertz CT molecular complexity index is 475. The number of aliphatic carboxylic acids is 1. The molecule has 1 aliphatic rings. The van der Waals surface area contributed by atoms with Gasteiger partial charge in [-0.3, -0.25) is 9.69 Å². The molecule has 1 heterocycles. The molecule has 0 bridgehead atoms. The number of hydrogen-bond acceptors (Lipinski definition) is 3. The lowest BCUT2D eigenvalue weighted by Crippen LogP contribution is -2.44. The first kappa shape index (κ1) is 14.9. The summed E-state index contributed by atoms with van der Waals surface area (Å²) in [5.74, 6) is 0.382. The summed E-state index contributed by atoms with van der Waals surface area (Å²) in [6.45, 7) is 4.98. The molecule has 0 aromatic heterocycles. The van der Waals surface area contributed by atoms with E-state index in [2.05, 4.69) is 11.8 Å². The van der Waals surface area contributed by atoms with Crippen molar-refractivity contribution in [2.45, 2.75) is 38.8 Å². The maximum absolute atomic E-state index is 11.4. The van der Waals surface area contributed by atoms with Crippen molar-refractivity contribution in [2.75, 3.05) is 13.7 Å². The first-order valence-electron chi connectivity index (χ1n) is 7.15. The molecular formula is C16H23NO3. The van der Waals surface area contributed by atoms with Gasteiger partial charge in [-0.1, -0.05) is 25.1 Å². The van der Waals surface area contributed by atoms with Crippen molar-refractivity contribution in [3.63, 3.8) is 0 Å². The van der Waals surface area contributed by atoms with Crippen LogP contribution in [0.1, 0.15) is 25.8 Å². The van der Waals surface area contributed by atoms with Crippen LogP contribution in [-0.2, 0) is 11.2 Å². The molecule has 0 spiro atoms. The molecule has 0 saturated carbocycles. The van der Waals surface area contributed by atoms with E-state index in [1.54, 1.807) is 7.11 Å². The zero-order valence-electron chi connectivity index (χ0n) is 12.4. The number of nitrogens with zero attached hydrogens (tertiary/aromatic N) is 1. The van der Waals surface area contributed by atoms with Crippen molar-refractivity contribution in [3.8, 4) is 5.75 Å². The number of rotatable bonds is 5. The number of likely N-dealkylation sites (tertiary alicyclic amines) is 1. The van der Waals surface area contributed by atoms with Crippen molar-refractivity contribution < 1.29 is 14.6 Å². The molecule has 0 amide bonds. The van der Waals surface area contributed by atoms with E-state index >= 15 is 0 Å². The van der Waals surface area contributed by atoms with E-state index in [0.717, 1.165) is 30.7 Å². The second-order valence-electron chi connectivity index (χ2n) is 5.65. The quantitative estimate of drug-likeness (QED) is 0.898. The number of benzene rings is 1. The third-order valence-corrected chi connectivity index (χ3v) is 4.27. The van der Waals surface area contributed by atoms with Crippen LogP contribution in [-0.4, -0.2) is 41.7 Å². The second kappa shape index (κ2) is 6.27. The fraction of sp³-hybridized carbons (Fsp3) is 0.562. The molecule has 1 aromatic carbocycles. The van der Waals surface area contributed by atoms with E-state index < -0.39 is 5.97 Å². The molecule has 110 valence electrons. The lowest BCUT2D eigenvalue weighted by atomic mass is 10.0. The van der Waals surface area contributed by atoms with Gasteiger partial charge < -0.3 is 9.84 Å². The maximum atomic E-state index is 11.4. The van der Waals surface area contributed by atoms with Gasteiger partial charge in [0.05, 0.1) is 7.11 Å². The summed E-state index contributed by atoms with van der Waals surface area (Å²) in [4.78, 5) is 13.5. The van der Waals surface area contributed by atoms with Crippen LogP contribution in [0.5, 0.6) is 5.75 Å². The molecule has 1 aromatic rings. The van der Waals surface area contributed by atoms with Gasteiger partial charge in [0, 0.05) is 6.04 Å². The van der Waals surface area contributed by atoms with Crippen molar-refractivity contribution in [3.05, 3.63) is 29.8 Å². The van der Waals surface area contributed by atoms with Gasteiger partial charge in [0.25, 0.3) is 0 Å². The van der Waals surface area contributed by atoms with E-state index in [1.165, 1.54) is 0 Å². The fourth-order valence-corrected chi connectivity index (χ4v) is 3.16. The highest BCUT2D eigenvalue weighted by molar-refractivity contribution is 5.74. The van der Waals surface area contributed by atoms with Crippen LogP contribution in [0, 0.1) is 5.92 Å². The van der Waals surface area contributed by atoms with Gasteiger partial charge in [0.2, 0.25) is 0 Å². The number of carboxylic acid groups (broad SMARTS) is 1. The van der Waals surface area contributed by atoms with Crippen molar-refractivity contribution >= 4 is 5.97 Å². The van der Waals surface area contributed by atoms with Gasteiger partial charge >= 0.3 is 5.97 Å². The summed E-state index contributed by atoms with van der Waals surface area (Å²) in [5, 5.41) is 9.40. The molecule has 1 N–H and O–H groups in total. The summed E-state index contributed by atoms with van der Waals surface area (Å²) in [7, 11) is 1.67. The molecule has 3 atom stereocenters. The second-order valence-corrected chi connectivity index (χ2v) is 5.65. The Morgan fingerprint density at radius 2 is 2.20 bits per heavy atom. The van der Waals surface area contributed by atoms with E-state index in [-0.39, 0.29) is 18.0 Å². The topological polar surface area (TPSA) is 49.8 Å². The molecule has 0 radical (unpaired) electrons. The largest absolute Gasteiger partial charge is 0.496 e. The minimum absolute atomic E-state index is 0.192. The Kier molecular flexibility index (Phi) is 4.65. The summed E-state index contributed by atoms with van der Waals surface area (Å²) >= 11 is 0. The Morgan fingerprint density at radius 1 is 1.50 bits per heavy atom. The van der Waals surface area contributed by atoms with Crippen LogP contribution in [0.3, 0.4) is 0 Å². The Morgan fingerprint density at radius 3 is 2.85 bits per heavy atom. The van der Waals surface area contributed by atoms with Gasteiger partial charge in [-0.25, -0.2) is 0 Å². The fourth-order valence-electron chi connectivity index (χ4n) is 3.16. The molecular weight excluding hydrogens is 254 g/mol. The first-order chi connectivity index (χ1) is 9.54. The molecule has 1 saturated heterocycles. The highest BCUT2D eigenvalue weighted by atomic mass is 16.5. The minimum atomic E-state index is -0.707. The number of carbonyl (C=O) groups is 1. The molecule has 0 aliphatic carbocycles. The Balaban J connectivity index is 2.11. The summed E-state index contributed by atoms with van der Waals surface area (Å²) in [5.41, 5.74) is 1.13. The standard InChI is InChI=1S/C16H23NO3/c1-11-8-9-17(15(11)16(18)19)12(2)10-13-6-4-5-7-14(13)20-3/h4-7,11-12,15H,8-10H2,1-3H3,(H,18,19). The molecule has 4 heteroatoms. The Labute approximate surface area is 120 Å². The minimum Gasteiger partial charge on any atom is -0.496 e. The van der Waals surface area contributed by atoms with E-state index in [4.69, 9.17) is 4.74 Å². The predicted octanol–water partition coefficient (Wildman–Crippen LogP) is 2.42. The smallest absolute Gasteiger partial charge is 0.321 e. The summed E-state index contributed by atoms with van der Waals surface area (Å²) < 4.78 is 5.37. The number of carboxylic acids is 1. The van der Waals surface area contributed by atoms with Gasteiger partial charge in [0.15, 0.2) is 0 Å². The van der Waals surface area contributed by atoms with Gasteiger partial charge in [-0.15, -0.1) is 0 Å². The highest BCUT2D eigenvalue weighted by Gasteiger charge is 2.38. The van der Waals surface area contributed by atoms with Crippen LogP contribution < -0.4 is 4.74 Å². The van der Waals surface area contributed by atoms with Crippen molar-refractivity contribution in [1.82, 2.24) is 4.90 Å². The van der Waals surface area contributed by atoms with E-state index in [0.29, 0.717) is 0 Å².